The van der Waals surface area contributed by atoms with Crippen molar-refractivity contribution in [3.05, 3.63) is 48.5 Å². The molecule has 0 saturated heterocycles. The molecule has 0 atom stereocenters. The molecule has 2 N–H and O–H groups in total. The Hall–Kier alpha value is -2.32. The average molecular weight is 447 g/mol. The Balaban J connectivity index is 2.12. The number of hydrogen-bond acceptors (Lipinski definition) is 4. The van der Waals surface area contributed by atoms with E-state index in [4.69, 9.17) is 0 Å². The first kappa shape index (κ1) is 24.0. The number of urea groups is 2. The van der Waals surface area contributed by atoms with Crippen molar-refractivity contribution in [2.24, 2.45) is 0 Å². The Labute approximate surface area is 187 Å². The van der Waals surface area contributed by atoms with Crippen LogP contribution in [0.4, 0.5) is 21.0 Å². The number of benzene rings is 2. The zero-order chi connectivity index (χ0) is 21.9. The van der Waals surface area contributed by atoms with Crippen LogP contribution >= 0.6 is 21.6 Å². The lowest BCUT2D eigenvalue weighted by atomic mass is 10.3. The van der Waals surface area contributed by atoms with Crippen LogP contribution in [-0.4, -0.2) is 48.0 Å². The highest BCUT2D eigenvalue weighted by Crippen LogP contribution is 2.43. The van der Waals surface area contributed by atoms with Gasteiger partial charge in [-0.2, -0.15) is 0 Å². The molecule has 30 heavy (non-hydrogen) atoms. The van der Waals surface area contributed by atoms with Crippen molar-refractivity contribution in [2.75, 3.05) is 36.8 Å². The van der Waals surface area contributed by atoms with Crippen LogP contribution in [0.25, 0.3) is 0 Å². The molecule has 6 nitrogen and oxygen atoms in total. The summed E-state index contributed by atoms with van der Waals surface area (Å²) in [6.45, 7) is 10.5. The fourth-order valence-corrected chi connectivity index (χ4v) is 5.06. The number of amides is 4. The SMILES string of the molecule is CCN(CC)C(=O)Nc1ccccc1SSc1ccccc1NC(=O)N(CC)CC. The molecule has 162 valence electrons. The number of nitrogens with zero attached hydrogens (tertiary/aromatic N) is 2. The van der Waals surface area contributed by atoms with Crippen LogP contribution in [0.5, 0.6) is 0 Å². The minimum atomic E-state index is -0.107. The second-order valence-electron chi connectivity index (χ2n) is 6.36. The summed E-state index contributed by atoms with van der Waals surface area (Å²) in [7, 11) is 3.10. The van der Waals surface area contributed by atoms with E-state index in [2.05, 4.69) is 10.6 Å². The summed E-state index contributed by atoms with van der Waals surface area (Å²) in [6.07, 6.45) is 0. The Morgan fingerprint density at radius 2 is 1.00 bits per heavy atom. The van der Waals surface area contributed by atoms with Crippen LogP contribution < -0.4 is 10.6 Å². The molecule has 8 heteroatoms. The van der Waals surface area contributed by atoms with Gasteiger partial charge in [-0.25, -0.2) is 9.59 Å². The predicted molar refractivity (Wildman–Crippen MR) is 128 cm³/mol. The summed E-state index contributed by atoms with van der Waals surface area (Å²) in [5.41, 5.74) is 1.55. The van der Waals surface area contributed by atoms with Crippen LogP contribution in [0, 0.1) is 0 Å². The normalized spacial score (nSPS) is 10.4. The molecule has 2 aromatic carbocycles. The average Bonchev–Trinajstić information content (AvgIpc) is 2.76. The van der Waals surface area contributed by atoms with E-state index in [0.29, 0.717) is 26.2 Å². The van der Waals surface area contributed by atoms with Gasteiger partial charge >= 0.3 is 12.1 Å². The predicted octanol–water partition coefficient (Wildman–Crippen LogP) is 6.23. The third-order valence-corrected chi connectivity index (χ3v) is 7.06. The molecule has 0 saturated carbocycles. The fraction of sp³-hybridized carbons (Fsp3) is 0.364. The molecule has 0 aromatic heterocycles. The van der Waals surface area contributed by atoms with Gasteiger partial charge in [0.2, 0.25) is 0 Å². The van der Waals surface area contributed by atoms with E-state index in [0.717, 1.165) is 21.2 Å². The lowest BCUT2D eigenvalue weighted by Crippen LogP contribution is -2.34. The van der Waals surface area contributed by atoms with E-state index < -0.39 is 0 Å². The standard InChI is InChI=1S/C22H30N4O2S2/c1-5-25(6-2)21(27)23-17-13-9-11-15-19(17)29-30-20-16-12-10-14-18(20)24-22(28)26(7-3)8-4/h9-16H,5-8H2,1-4H3,(H,23,27)(H,24,28). The fourth-order valence-electron chi connectivity index (χ4n) is 2.79. The second kappa shape index (κ2) is 12.4. The van der Waals surface area contributed by atoms with Crippen LogP contribution in [0.15, 0.2) is 58.3 Å². The molecule has 0 aliphatic carbocycles. The quantitative estimate of drug-likeness (QED) is 0.448. The summed E-state index contributed by atoms with van der Waals surface area (Å²) < 4.78 is 0. The Kier molecular flexibility index (Phi) is 9.89. The Bertz CT molecular complexity index is 770. The first-order chi connectivity index (χ1) is 14.5. The van der Waals surface area contributed by atoms with E-state index in [1.807, 2.05) is 76.2 Å². The number of nitrogens with one attached hydrogen (secondary N) is 2. The molecule has 0 aliphatic rings. The topological polar surface area (TPSA) is 64.7 Å². The molecule has 0 unspecified atom stereocenters. The van der Waals surface area contributed by atoms with Crippen molar-refractivity contribution in [3.8, 4) is 0 Å². The minimum absolute atomic E-state index is 0.107. The number of carbonyl (C=O) groups excluding carboxylic acids is 2. The first-order valence-corrected chi connectivity index (χ1v) is 12.3. The minimum Gasteiger partial charge on any atom is -0.325 e. The molecule has 0 radical (unpaired) electrons. The second-order valence-corrected chi connectivity index (χ2v) is 8.58. The summed E-state index contributed by atoms with van der Waals surface area (Å²) in [4.78, 5) is 30.3. The van der Waals surface area contributed by atoms with Gasteiger partial charge in [-0.3, -0.25) is 0 Å². The van der Waals surface area contributed by atoms with E-state index in [-0.39, 0.29) is 12.1 Å². The number of carbonyl (C=O) groups is 2. The summed E-state index contributed by atoms with van der Waals surface area (Å²) >= 11 is 0. The van der Waals surface area contributed by atoms with E-state index in [9.17, 15) is 9.59 Å². The number of para-hydroxylation sites is 2. The van der Waals surface area contributed by atoms with Gasteiger partial charge in [0.25, 0.3) is 0 Å². The maximum absolute atomic E-state index is 12.4. The highest BCUT2D eigenvalue weighted by atomic mass is 33.1. The monoisotopic (exact) mass is 446 g/mol. The van der Waals surface area contributed by atoms with Crippen LogP contribution in [0.2, 0.25) is 0 Å². The summed E-state index contributed by atoms with van der Waals surface area (Å²) in [6, 6.07) is 15.3. The molecule has 2 rings (SSSR count). The van der Waals surface area contributed by atoms with Crippen LogP contribution in [0.3, 0.4) is 0 Å². The zero-order valence-corrected chi connectivity index (χ0v) is 19.6. The van der Waals surface area contributed by atoms with E-state index in [1.54, 1.807) is 31.4 Å². The number of hydrogen-bond donors (Lipinski definition) is 2. The summed E-state index contributed by atoms with van der Waals surface area (Å²) in [5, 5.41) is 6.00. The van der Waals surface area contributed by atoms with E-state index >= 15 is 0 Å². The number of rotatable bonds is 9. The molecular formula is C22H30N4O2S2. The smallest absolute Gasteiger partial charge is 0.321 e. The Morgan fingerprint density at radius 3 is 1.33 bits per heavy atom. The van der Waals surface area contributed by atoms with Crippen molar-refractivity contribution < 1.29 is 9.59 Å². The van der Waals surface area contributed by atoms with Crippen molar-refractivity contribution in [1.82, 2.24) is 9.80 Å². The van der Waals surface area contributed by atoms with Gasteiger partial charge in [0.05, 0.1) is 11.4 Å². The lowest BCUT2D eigenvalue weighted by molar-refractivity contribution is 0.216. The molecule has 0 spiro atoms. The van der Waals surface area contributed by atoms with Gasteiger partial charge in [-0.15, -0.1) is 0 Å². The third-order valence-electron chi connectivity index (χ3n) is 4.58. The molecule has 0 aliphatic heterocycles. The van der Waals surface area contributed by atoms with Gasteiger partial charge in [0.1, 0.15) is 0 Å². The summed E-state index contributed by atoms with van der Waals surface area (Å²) in [5.74, 6) is 0. The van der Waals surface area contributed by atoms with Crippen LogP contribution in [0.1, 0.15) is 27.7 Å². The van der Waals surface area contributed by atoms with Crippen molar-refractivity contribution in [3.63, 3.8) is 0 Å². The first-order valence-electron chi connectivity index (χ1n) is 10.2. The third kappa shape index (κ3) is 6.60. The highest BCUT2D eigenvalue weighted by molar-refractivity contribution is 8.76. The molecule has 0 heterocycles. The van der Waals surface area contributed by atoms with Gasteiger partial charge in [0, 0.05) is 36.0 Å². The van der Waals surface area contributed by atoms with Crippen molar-refractivity contribution in [1.29, 1.82) is 0 Å². The molecular weight excluding hydrogens is 416 g/mol. The van der Waals surface area contributed by atoms with Crippen LogP contribution in [-0.2, 0) is 0 Å². The Morgan fingerprint density at radius 1 is 0.667 bits per heavy atom. The molecule has 4 amide bonds. The van der Waals surface area contributed by atoms with Gasteiger partial charge in [0.15, 0.2) is 0 Å². The molecule has 0 fully saturated rings. The molecule has 2 aromatic rings. The highest BCUT2D eigenvalue weighted by Gasteiger charge is 2.15. The largest absolute Gasteiger partial charge is 0.325 e. The number of anilines is 2. The maximum atomic E-state index is 12.4. The van der Waals surface area contributed by atoms with Crippen molar-refractivity contribution in [2.45, 2.75) is 37.5 Å². The zero-order valence-electron chi connectivity index (χ0n) is 18.0. The van der Waals surface area contributed by atoms with Gasteiger partial charge < -0.3 is 20.4 Å². The maximum Gasteiger partial charge on any atom is 0.321 e. The molecule has 0 bridgehead atoms. The van der Waals surface area contributed by atoms with Gasteiger partial charge in [-0.1, -0.05) is 45.9 Å². The van der Waals surface area contributed by atoms with Gasteiger partial charge in [-0.05, 0) is 52.0 Å². The lowest BCUT2D eigenvalue weighted by Gasteiger charge is -2.21. The van der Waals surface area contributed by atoms with E-state index in [1.165, 1.54) is 0 Å². The van der Waals surface area contributed by atoms with Crippen molar-refractivity contribution >= 4 is 45.0 Å².